The number of hydrogen-bond donors (Lipinski definition) is 3. The van der Waals surface area contributed by atoms with Crippen molar-refractivity contribution in [3.8, 4) is 28.7 Å². The molecule has 5 heterocycles. The average molecular weight is 551 g/mol. The number of allylic oxidation sites excluding steroid dienone is 2. The number of fused-ring (bicyclic) bond motifs is 2. The van der Waals surface area contributed by atoms with Crippen LogP contribution < -0.4 is 26.5 Å². The molecule has 0 saturated heterocycles. The van der Waals surface area contributed by atoms with Gasteiger partial charge in [-0.1, -0.05) is 13.8 Å². The number of nitrogens with zero attached hydrogens (tertiary/aromatic N) is 5. The number of nitrogens with one attached hydrogen (secondary N) is 3. The van der Waals surface area contributed by atoms with E-state index in [1.807, 2.05) is 32.1 Å². The summed E-state index contributed by atoms with van der Waals surface area (Å²) in [7, 11) is 0. The van der Waals surface area contributed by atoms with Crippen LogP contribution in [-0.2, 0) is 4.79 Å². The van der Waals surface area contributed by atoms with E-state index < -0.39 is 0 Å². The van der Waals surface area contributed by atoms with Crippen LogP contribution >= 0.6 is 0 Å². The second-order valence-corrected chi connectivity index (χ2v) is 10.8. The number of aromatic amines is 2. The van der Waals surface area contributed by atoms with Crippen molar-refractivity contribution in [3.63, 3.8) is 0 Å². The molecule has 1 aliphatic rings. The quantitative estimate of drug-likeness (QED) is 0.245. The number of pyridine rings is 2. The van der Waals surface area contributed by atoms with E-state index in [4.69, 9.17) is 4.98 Å². The number of H-pyrrole nitrogens is 2. The van der Waals surface area contributed by atoms with Crippen molar-refractivity contribution in [3.05, 3.63) is 46.2 Å². The number of amides is 1. The average Bonchev–Trinajstić information content (AvgIpc) is 3.41. The van der Waals surface area contributed by atoms with Gasteiger partial charge in [0.1, 0.15) is 0 Å². The monoisotopic (exact) mass is 551 g/mol. The van der Waals surface area contributed by atoms with Crippen molar-refractivity contribution in [2.24, 2.45) is 5.92 Å². The molecular weight excluding hydrogens is 531 g/mol. The number of aromatic nitrogens is 6. The molecule has 0 fully saturated rings. The van der Waals surface area contributed by atoms with Gasteiger partial charge < -0.3 is 0 Å². The summed E-state index contributed by atoms with van der Waals surface area (Å²) in [6, 6.07) is 6.10. The molecule has 1 amide bonds. The van der Waals surface area contributed by atoms with E-state index in [-0.39, 0.29) is 33.0 Å². The number of halogens is 1. The molecule has 9 nitrogen and oxygen atoms in total. The van der Waals surface area contributed by atoms with Crippen molar-refractivity contribution in [1.82, 2.24) is 30.1 Å². The zero-order chi connectivity index (χ0) is 22.9. The molecule has 0 atom stereocenters. The van der Waals surface area contributed by atoms with E-state index in [9.17, 15) is 10.1 Å². The number of alkyl halides is 1. The number of hydrogen-bond acceptors (Lipinski definition) is 6. The molecule has 4 aromatic heterocycles. The summed E-state index contributed by atoms with van der Waals surface area (Å²) >= 11 is -0.238. The molecule has 5 rings (SSSR count). The topological polar surface area (TPSA) is 136 Å². The van der Waals surface area contributed by atoms with Crippen LogP contribution in [0.1, 0.15) is 26.0 Å². The standard InChI is InChI=1S/C23H20IN8O/c1-12(2)5-18(33)28-16-6-14(9-26-11-16)15-7-17-20(31-32-22(17)27-10-15)23-29-19-13(8-25)3-4-24-21(19)30-23/h3,6-7,9-12H,4-5H2,1-2H3,(H,28,33)(H,29,30)(H,27,31,32)/q-1. The van der Waals surface area contributed by atoms with Gasteiger partial charge in [-0.2, -0.15) is 0 Å². The van der Waals surface area contributed by atoms with Crippen LogP contribution in [0.5, 0.6) is 0 Å². The number of rotatable bonds is 5. The van der Waals surface area contributed by atoms with Gasteiger partial charge in [0.2, 0.25) is 0 Å². The van der Waals surface area contributed by atoms with Crippen molar-refractivity contribution >= 4 is 28.2 Å². The van der Waals surface area contributed by atoms with Gasteiger partial charge in [-0.05, 0) is 5.92 Å². The number of anilines is 1. The van der Waals surface area contributed by atoms with Crippen molar-refractivity contribution in [2.45, 2.75) is 20.3 Å². The van der Waals surface area contributed by atoms with E-state index in [1.165, 1.54) is 0 Å². The first-order chi connectivity index (χ1) is 16.0. The van der Waals surface area contributed by atoms with E-state index in [1.54, 1.807) is 18.6 Å². The third kappa shape index (κ3) is 4.23. The Kier molecular flexibility index (Phi) is 5.63. The molecule has 0 spiro atoms. The predicted octanol–water partition coefficient (Wildman–Crippen LogP) is 0.574. The number of imidazole rings is 1. The number of nitriles is 1. The summed E-state index contributed by atoms with van der Waals surface area (Å²) in [6.45, 7) is 4.01. The Morgan fingerprint density at radius 2 is 2.12 bits per heavy atom. The normalized spacial score (nSPS) is 13.2. The molecular formula is C23H20IN8O-. The Hall–Kier alpha value is -3.59. The molecule has 0 aromatic carbocycles. The summed E-state index contributed by atoms with van der Waals surface area (Å²) in [4.78, 5) is 29.0. The molecule has 10 heteroatoms. The summed E-state index contributed by atoms with van der Waals surface area (Å²) in [5, 5.41) is 20.5. The van der Waals surface area contributed by atoms with Gasteiger partial charge in [0.05, 0.1) is 0 Å². The maximum atomic E-state index is 12.1. The minimum absolute atomic E-state index is 0.0370. The Balaban J connectivity index is 1.50. The number of carbonyl (C=O) groups excluding carboxylic acids is 1. The van der Waals surface area contributed by atoms with Crippen LogP contribution in [0.25, 0.3) is 39.3 Å². The van der Waals surface area contributed by atoms with Gasteiger partial charge in [-0.25, -0.2) is 0 Å². The summed E-state index contributed by atoms with van der Waals surface area (Å²) in [5.74, 6) is 0.892. The summed E-state index contributed by atoms with van der Waals surface area (Å²) in [5.41, 5.74) is 4.98. The third-order valence-electron chi connectivity index (χ3n) is 5.12. The van der Waals surface area contributed by atoms with Crippen LogP contribution in [0.4, 0.5) is 5.69 Å². The SMILES string of the molecule is CC(C)CC(=O)Nc1cncc(-c2cnc3n[nH]c(-c4nc5c([nH]4)[I-]CC=C5C#N)c3c2)c1. The zero-order valence-corrected chi connectivity index (χ0v) is 20.1. The first kappa shape index (κ1) is 21.3. The van der Waals surface area contributed by atoms with Crippen LogP contribution in [0.2, 0.25) is 0 Å². The Labute approximate surface area is 200 Å². The molecule has 166 valence electrons. The van der Waals surface area contributed by atoms with Gasteiger partial charge in [-0.3, -0.25) is 4.79 Å². The molecule has 0 bridgehead atoms. The van der Waals surface area contributed by atoms with Gasteiger partial charge in [0, 0.05) is 6.42 Å². The van der Waals surface area contributed by atoms with Crippen LogP contribution in [0.3, 0.4) is 0 Å². The van der Waals surface area contributed by atoms with Crippen molar-refractivity contribution in [1.29, 1.82) is 5.26 Å². The second-order valence-electron chi connectivity index (χ2n) is 8.07. The van der Waals surface area contributed by atoms with Gasteiger partial charge >= 0.3 is 169 Å². The van der Waals surface area contributed by atoms with E-state index in [0.29, 0.717) is 29.2 Å². The molecule has 4 aromatic rings. The first-order valence-electron chi connectivity index (χ1n) is 10.4. The molecule has 0 unspecified atom stereocenters. The van der Waals surface area contributed by atoms with E-state index in [2.05, 4.69) is 36.5 Å². The third-order valence-corrected chi connectivity index (χ3v) is 7.55. The zero-order valence-electron chi connectivity index (χ0n) is 18.0. The summed E-state index contributed by atoms with van der Waals surface area (Å²) < 4.78 is 1.98. The van der Waals surface area contributed by atoms with Crippen molar-refractivity contribution in [2.75, 3.05) is 9.74 Å². The molecule has 0 radical (unpaired) electrons. The van der Waals surface area contributed by atoms with Crippen LogP contribution in [-0.4, -0.2) is 40.5 Å². The number of carbonyl (C=O) groups is 1. The van der Waals surface area contributed by atoms with Crippen LogP contribution in [0, 0.1) is 20.9 Å². The fraction of sp³-hybridized carbons (Fsp3) is 0.217. The molecule has 0 aliphatic carbocycles. The fourth-order valence-electron chi connectivity index (χ4n) is 3.62. The predicted molar refractivity (Wildman–Crippen MR) is 120 cm³/mol. The van der Waals surface area contributed by atoms with Gasteiger partial charge in [-0.15, -0.1) is 0 Å². The molecule has 0 saturated carbocycles. The van der Waals surface area contributed by atoms with Gasteiger partial charge in [0.15, 0.2) is 0 Å². The van der Waals surface area contributed by atoms with E-state index in [0.717, 1.165) is 36.0 Å². The molecule has 1 aliphatic heterocycles. The van der Waals surface area contributed by atoms with E-state index >= 15 is 0 Å². The Morgan fingerprint density at radius 3 is 2.94 bits per heavy atom. The Bertz CT molecular complexity index is 1440. The second kappa shape index (κ2) is 8.74. The van der Waals surface area contributed by atoms with Gasteiger partial charge in [0.25, 0.3) is 0 Å². The molecule has 33 heavy (non-hydrogen) atoms. The van der Waals surface area contributed by atoms with Crippen LogP contribution in [0.15, 0.2) is 36.8 Å². The van der Waals surface area contributed by atoms with Crippen molar-refractivity contribution < 1.29 is 26.0 Å². The maximum absolute atomic E-state index is 12.1. The summed E-state index contributed by atoms with van der Waals surface area (Å²) in [6.07, 6.45) is 7.52. The molecule has 3 N–H and O–H groups in total. The Morgan fingerprint density at radius 1 is 1.27 bits per heavy atom. The first-order valence-corrected chi connectivity index (χ1v) is 13.0. The minimum atomic E-state index is -0.238. The fourth-order valence-corrected chi connectivity index (χ4v) is 5.94.